The number of rotatable bonds is 3. The Morgan fingerprint density at radius 3 is 2.60 bits per heavy atom. The smallest absolute Gasteiger partial charge is 0.261 e. The highest BCUT2D eigenvalue weighted by Gasteiger charge is 2.11. The summed E-state index contributed by atoms with van der Waals surface area (Å²) in [7, 11) is 0. The zero-order valence-corrected chi connectivity index (χ0v) is 11.4. The van der Waals surface area contributed by atoms with Crippen molar-refractivity contribution in [2.45, 2.75) is 10.7 Å². The minimum Gasteiger partial charge on any atom is -0.261 e. The van der Waals surface area contributed by atoms with Crippen LogP contribution in [-0.2, 0) is 0 Å². The fourth-order valence-corrected chi connectivity index (χ4v) is 2.49. The van der Waals surface area contributed by atoms with Crippen LogP contribution in [0, 0.1) is 0 Å². The number of halogens is 3. The van der Waals surface area contributed by atoms with Gasteiger partial charge in [-0.1, -0.05) is 23.9 Å². The van der Waals surface area contributed by atoms with Crippen LogP contribution in [0.15, 0.2) is 35.4 Å². The van der Waals surface area contributed by atoms with Gasteiger partial charge in [-0.05, 0) is 23.7 Å². The molecular weight excluding hydrogens is 306 g/mol. The lowest BCUT2D eigenvalue weighted by molar-refractivity contribution is 0.252. The molecule has 0 atom stereocenters. The number of aromatic nitrogens is 4. The number of alkyl halides is 2. The number of nitrogens with zero attached hydrogens (tertiary/aromatic N) is 3. The molecule has 3 rings (SSSR count). The summed E-state index contributed by atoms with van der Waals surface area (Å²) in [6, 6.07) is 6.67. The van der Waals surface area contributed by atoms with Gasteiger partial charge in [-0.3, -0.25) is 5.10 Å². The molecule has 0 bridgehead atoms. The first-order valence-corrected chi connectivity index (χ1v) is 6.81. The number of hydrogen-bond donors (Lipinski definition) is 1. The molecule has 1 N–H and O–H groups in total. The van der Waals surface area contributed by atoms with Gasteiger partial charge in [0.2, 0.25) is 5.28 Å². The Kier molecular flexibility index (Phi) is 3.54. The zero-order chi connectivity index (χ0) is 14.1. The normalized spacial score (nSPS) is 11.4. The lowest BCUT2D eigenvalue weighted by Gasteiger charge is -2.04. The molecule has 0 amide bonds. The Morgan fingerprint density at radius 2 is 1.90 bits per heavy atom. The molecule has 8 heteroatoms. The van der Waals surface area contributed by atoms with Crippen molar-refractivity contribution in [3.05, 3.63) is 35.7 Å². The molecule has 4 nitrogen and oxygen atoms in total. The van der Waals surface area contributed by atoms with Crippen LogP contribution in [0.3, 0.4) is 0 Å². The van der Waals surface area contributed by atoms with E-state index < -0.39 is 5.76 Å². The van der Waals surface area contributed by atoms with Crippen LogP contribution in [0.1, 0.15) is 0 Å². The van der Waals surface area contributed by atoms with Gasteiger partial charge < -0.3 is 0 Å². The first kappa shape index (κ1) is 13.3. The van der Waals surface area contributed by atoms with E-state index >= 15 is 0 Å². The predicted molar refractivity (Wildman–Crippen MR) is 74.0 cm³/mol. The average molecular weight is 313 g/mol. The van der Waals surface area contributed by atoms with E-state index in [-0.39, 0.29) is 5.28 Å². The monoisotopic (exact) mass is 312 g/mol. The van der Waals surface area contributed by atoms with Crippen LogP contribution >= 0.6 is 23.4 Å². The first-order chi connectivity index (χ1) is 9.63. The van der Waals surface area contributed by atoms with Crippen molar-refractivity contribution >= 4 is 34.4 Å². The Bertz CT molecular complexity index is 745. The summed E-state index contributed by atoms with van der Waals surface area (Å²) in [5, 5.41) is 7.44. The second-order valence-electron chi connectivity index (χ2n) is 3.88. The maximum Gasteiger partial charge on any atom is 0.288 e. The van der Waals surface area contributed by atoms with Crippen LogP contribution in [0.2, 0.25) is 5.28 Å². The van der Waals surface area contributed by atoms with E-state index in [1.807, 2.05) is 0 Å². The summed E-state index contributed by atoms with van der Waals surface area (Å²) in [5.74, 6) is -2.44. The van der Waals surface area contributed by atoms with E-state index in [2.05, 4.69) is 20.2 Å². The summed E-state index contributed by atoms with van der Waals surface area (Å²) in [5.41, 5.74) is 1.91. The molecule has 1 aromatic carbocycles. The third-order valence-corrected chi connectivity index (χ3v) is 3.53. The number of H-pyrrole nitrogens is 1. The Balaban J connectivity index is 2.04. The number of benzene rings is 1. The molecule has 0 aliphatic carbocycles. The molecule has 0 spiro atoms. The molecule has 0 saturated carbocycles. The average Bonchev–Trinajstić information content (AvgIpc) is 2.86. The molecule has 0 fully saturated rings. The van der Waals surface area contributed by atoms with Gasteiger partial charge >= 0.3 is 0 Å². The SMILES string of the molecule is FC(F)Sc1ccc(-c2nc(Cl)nc3[nH]ncc23)cc1. The molecule has 102 valence electrons. The van der Waals surface area contributed by atoms with Crippen LogP contribution in [0.25, 0.3) is 22.3 Å². The molecule has 0 aliphatic heterocycles. The topological polar surface area (TPSA) is 54.5 Å². The number of thioether (sulfide) groups is 1. The van der Waals surface area contributed by atoms with Gasteiger partial charge in [0.1, 0.15) is 0 Å². The molecule has 0 saturated heterocycles. The molecule has 2 aromatic heterocycles. The standard InChI is InChI=1S/C12H7ClF2N4S/c13-11-17-9(8-5-16-19-10(8)18-11)6-1-3-7(4-2-6)20-12(14)15/h1-5,12H,(H,16,17,18,19). The number of fused-ring (bicyclic) bond motifs is 1. The van der Waals surface area contributed by atoms with Gasteiger partial charge in [-0.15, -0.1) is 0 Å². The fourth-order valence-electron chi connectivity index (χ4n) is 1.82. The summed E-state index contributed by atoms with van der Waals surface area (Å²) in [6.07, 6.45) is 1.60. The molecule has 3 aromatic rings. The lowest BCUT2D eigenvalue weighted by Crippen LogP contribution is -1.90. The summed E-state index contributed by atoms with van der Waals surface area (Å²) >= 11 is 6.36. The van der Waals surface area contributed by atoms with Crippen molar-refractivity contribution in [2.75, 3.05) is 0 Å². The van der Waals surface area contributed by atoms with Crippen molar-refractivity contribution in [3.8, 4) is 11.3 Å². The Hall–Kier alpha value is -1.73. The van der Waals surface area contributed by atoms with Crippen LogP contribution in [0.5, 0.6) is 0 Å². The fraction of sp³-hybridized carbons (Fsp3) is 0.0833. The van der Waals surface area contributed by atoms with Crippen LogP contribution in [0.4, 0.5) is 8.78 Å². The maximum absolute atomic E-state index is 12.3. The van der Waals surface area contributed by atoms with Crippen molar-refractivity contribution in [3.63, 3.8) is 0 Å². The van der Waals surface area contributed by atoms with Crippen LogP contribution < -0.4 is 0 Å². The number of hydrogen-bond acceptors (Lipinski definition) is 4. The maximum atomic E-state index is 12.3. The second-order valence-corrected chi connectivity index (χ2v) is 5.28. The van der Waals surface area contributed by atoms with Gasteiger partial charge in [-0.25, -0.2) is 4.98 Å². The van der Waals surface area contributed by atoms with Crippen LogP contribution in [-0.4, -0.2) is 25.9 Å². The molecule has 0 radical (unpaired) electrons. The summed E-state index contributed by atoms with van der Waals surface area (Å²) in [4.78, 5) is 8.68. The second kappa shape index (κ2) is 5.34. The molecule has 2 heterocycles. The van der Waals surface area contributed by atoms with E-state index in [4.69, 9.17) is 11.6 Å². The highest BCUT2D eigenvalue weighted by atomic mass is 35.5. The third kappa shape index (κ3) is 2.59. The molecule has 0 unspecified atom stereocenters. The van der Waals surface area contributed by atoms with E-state index in [9.17, 15) is 8.78 Å². The third-order valence-electron chi connectivity index (χ3n) is 2.64. The van der Waals surface area contributed by atoms with Crippen molar-refractivity contribution in [1.82, 2.24) is 20.2 Å². The van der Waals surface area contributed by atoms with Gasteiger partial charge in [0, 0.05) is 10.5 Å². The molecule has 20 heavy (non-hydrogen) atoms. The van der Waals surface area contributed by atoms with E-state index in [1.54, 1.807) is 30.5 Å². The quantitative estimate of drug-likeness (QED) is 0.587. The van der Waals surface area contributed by atoms with Gasteiger partial charge in [0.15, 0.2) is 5.65 Å². The van der Waals surface area contributed by atoms with Gasteiger partial charge in [0.25, 0.3) is 5.76 Å². The largest absolute Gasteiger partial charge is 0.288 e. The Morgan fingerprint density at radius 1 is 1.15 bits per heavy atom. The van der Waals surface area contributed by atoms with Gasteiger partial charge in [-0.2, -0.15) is 18.9 Å². The van der Waals surface area contributed by atoms with Crippen molar-refractivity contribution in [2.24, 2.45) is 0 Å². The Labute approximate surface area is 121 Å². The predicted octanol–water partition coefficient (Wildman–Crippen LogP) is 3.99. The zero-order valence-electron chi connectivity index (χ0n) is 9.85. The van der Waals surface area contributed by atoms with Gasteiger partial charge in [0.05, 0.1) is 17.3 Å². The summed E-state index contributed by atoms with van der Waals surface area (Å²) in [6.45, 7) is 0. The summed E-state index contributed by atoms with van der Waals surface area (Å²) < 4.78 is 24.6. The highest BCUT2D eigenvalue weighted by Crippen LogP contribution is 2.30. The van der Waals surface area contributed by atoms with E-state index in [0.29, 0.717) is 28.0 Å². The van der Waals surface area contributed by atoms with E-state index in [0.717, 1.165) is 10.9 Å². The number of aromatic amines is 1. The van der Waals surface area contributed by atoms with Crippen molar-refractivity contribution < 1.29 is 8.78 Å². The highest BCUT2D eigenvalue weighted by molar-refractivity contribution is 7.99. The van der Waals surface area contributed by atoms with Crippen molar-refractivity contribution in [1.29, 1.82) is 0 Å². The lowest BCUT2D eigenvalue weighted by atomic mass is 10.1. The van der Waals surface area contributed by atoms with E-state index in [1.165, 1.54) is 0 Å². The molecule has 0 aliphatic rings. The first-order valence-electron chi connectivity index (χ1n) is 5.55. The number of nitrogens with one attached hydrogen (secondary N) is 1. The minimum absolute atomic E-state index is 0.0998. The minimum atomic E-state index is -2.44. The molecular formula is C12H7ClF2N4S.